The summed E-state index contributed by atoms with van der Waals surface area (Å²) in [6, 6.07) is 33.6. The van der Waals surface area contributed by atoms with Gasteiger partial charge in [-0.25, -0.2) is 0 Å². The van der Waals surface area contributed by atoms with E-state index in [2.05, 4.69) is 99.1 Å². The second kappa shape index (κ2) is 7.13. The zero-order valence-electron chi connectivity index (χ0n) is 17.7. The molecule has 0 aliphatic rings. The van der Waals surface area contributed by atoms with Crippen LogP contribution in [-0.2, 0) is 0 Å². The maximum atomic E-state index is 6.77. The lowest BCUT2D eigenvalue weighted by Gasteiger charge is -2.11. The molecule has 0 aliphatic heterocycles. The van der Waals surface area contributed by atoms with Crippen LogP contribution in [0.15, 0.2) is 108 Å². The van der Waals surface area contributed by atoms with Gasteiger partial charge in [0.25, 0.3) is 0 Å². The molecule has 2 aromatic heterocycles. The first kappa shape index (κ1) is 18.5. The summed E-state index contributed by atoms with van der Waals surface area (Å²) in [4.78, 5) is 4.65. The molecule has 154 valence electrons. The average molecular weight is 415 g/mol. The second-order valence-corrected chi connectivity index (χ2v) is 7.89. The number of benzene rings is 4. The van der Waals surface area contributed by atoms with Crippen molar-refractivity contribution < 1.29 is 0 Å². The largest absolute Gasteiger partial charge is 0.385 e. The Balaban J connectivity index is 1.62. The number of nitrogens with two attached hydrogens (primary N) is 1. The number of aliphatic imine (C=N–C) groups is 1. The standard InChI is InChI=1S/C28H22N4/c1-30-28(32-25-16-8-4-12-21(25)22-13-5-9-17-26(22)32)18-27(29)31-23-14-6-2-10-19(23)20-11-3-7-15-24(20)31/h2-18H,29H2,1H3/b27-18+,30-28?. The zero-order chi connectivity index (χ0) is 21.7. The fraction of sp³-hybridized carbons (Fsp3) is 0.0357. The van der Waals surface area contributed by atoms with Gasteiger partial charge >= 0.3 is 0 Å². The summed E-state index contributed by atoms with van der Waals surface area (Å²) < 4.78 is 4.30. The summed E-state index contributed by atoms with van der Waals surface area (Å²) in [6.45, 7) is 0. The summed E-state index contributed by atoms with van der Waals surface area (Å²) in [6.07, 6.45) is 1.97. The molecule has 2 heterocycles. The van der Waals surface area contributed by atoms with Crippen LogP contribution in [0.5, 0.6) is 0 Å². The summed E-state index contributed by atoms with van der Waals surface area (Å²) in [5.74, 6) is 1.42. The molecule has 0 atom stereocenters. The number of fused-ring (bicyclic) bond motifs is 6. The lowest BCUT2D eigenvalue weighted by Crippen LogP contribution is -2.14. The third-order valence-corrected chi connectivity index (χ3v) is 6.15. The van der Waals surface area contributed by atoms with Crippen molar-refractivity contribution in [1.82, 2.24) is 9.13 Å². The molecule has 2 N–H and O–H groups in total. The average Bonchev–Trinajstić information content (AvgIpc) is 3.36. The molecule has 0 radical (unpaired) electrons. The molecular formula is C28H22N4. The highest BCUT2D eigenvalue weighted by atomic mass is 15.1. The van der Waals surface area contributed by atoms with E-state index in [1.54, 1.807) is 0 Å². The summed E-state index contributed by atoms with van der Waals surface area (Å²) >= 11 is 0. The SMILES string of the molecule is CN=C(/C=C(\N)n1c2ccccc2c2ccccc21)n1c2ccccc2c2ccccc21. The third kappa shape index (κ3) is 2.59. The number of aromatic nitrogens is 2. The van der Waals surface area contributed by atoms with Crippen molar-refractivity contribution in [1.29, 1.82) is 0 Å². The highest BCUT2D eigenvalue weighted by Crippen LogP contribution is 2.31. The Kier molecular flexibility index (Phi) is 4.12. The minimum Gasteiger partial charge on any atom is -0.385 e. The van der Waals surface area contributed by atoms with Crippen LogP contribution < -0.4 is 5.73 Å². The minimum atomic E-state index is 0.630. The smallest absolute Gasteiger partial charge is 0.136 e. The Hall–Kier alpha value is -4.31. The molecule has 4 aromatic carbocycles. The van der Waals surface area contributed by atoms with Crippen LogP contribution in [0, 0.1) is 0 Å². The van der Waals surface area contributed by atoms with Crippen molar-refractivity contribution in [3.8, 4) is 0 Å². The monoisotopic (exact) mass is 414 g/mol. The van der Waals surface area contributed by atoms with Gasteiger partial charge in [-0.2, -0.15) is 0 Å². The van der Waals surface area contributed by atoms with Crippen LogP contribution in [0.3, 0.4) is 0 Å². The number of hydrogen-bond donors (Lipinski definition) is 1. The quantitative estimate of drug-likeness (QED) is 0.265. The van der Waals surface area contributed by atoms with E-state index < -0.39 is 0 Å². The van der Waals surface area contributed by atoms with E-state index in [-0.39, 0.29) is 0 Å². The van der Waals surface area contributed by atoms with Crippen molar-refractivity contribution in [2.75, 3.05) is 7.05 Å². The molecule has 0 amide bonds. The predicted molar refractivity (Wildman–Crippen MR) is 136 cm³/mol. The van der Waals surface area contributed by atoms with Gasteiger partial charge in [0.15, 0.2) is 0 Å². The van der Waals surface area contributed by atoms with Crippen molar-refractivity contribution in [3.05, 3.63) is 103 Å². The molecule has 0 bridgehead atoms. The van der Waals surface area contributed by atoms with Gasteiger partial charge in [0.05, 0.1) is 22.1 Å². The Morgan fingerprint density at radius 2 is 0.938 bits per heavy atom. The number of allylic oxidation sites excluding steroid dienone is 1. The highest BCUT2D eigenvalue weighted by Gasteiger charge is 2.15. The van der Waals surface area contributed by atoms with Gasteiger partial charge in [0, 0.05) is 34.7 Å². The van der Waals surface area contributed by atoms with Crippen molar-refractivity contribution in [2.24, 2.45) is 10.7 Å². The van der Waals surface area contributed by atoms with E-state index in [1.807, 2.05) is 25.3 Å². The van der Waals surface area contributed by atoms with E-state index in [0.29, 0.717) is 5.82 Å². The maximum absolute atomic E-state index is 6.77. The van der Waals surface area contributed by atoms with E-state index in [4.69, 9.17) is 5.73 Å². The Morgan fingerprint density at radius 3 is 1.31 bits per heavy atom. The first-order valence-electron chi connectivity index (χ1n) is 10.7. The lowest BCUT2D eigenvalue weighted by atomic mass is 10.2. The molecule has 0 unspecified atom stereocenters. The third-order valence-electron chi connectivity index (χ3n) is 6.15. The number of para-hydroxylation sites is 4. The fourth-order valence-electron chi connectivity index (χ4n) is 4.80. The van der Waals surface area contributed by atoms with E-state index in [0.717, 1.165) is 27.9 Å². The normalized spacial score (nSPS) is 13.0. The van der Waals surface area contributed by atoms with Gasteiger partial charge in [-0.1, -0.05) is 72.8 Å². The lowest BCUT2D eigenvalue weighted by molar-refractivity contribution is 1.17. The molecule has 4 heteroatoms. The van der Waals surface area contributed by atoms with Gasteiger partial charge in [-0.3, -0.25) is 14.1 Å². The Bertz CT molecular complexity index is 1590. The first-order valence-corrected chi connectivity index (χ1v) is 10.7. The summed E-state index contributed by atoms with van der Waals surface area (Å²) in [5, 5.41) is 4.78. The molecule has 0 saturated heterocycles. The molecule has 32 heavy (non-hydrogen) atoms. The summed E-state index contributed by atoms with van der Waals surface area (Å²) in [7, 11) is 1.81. The Labute approximate surface area is 185 Å². The predicted octanol–water partition coefficient (Wildman–Crippen LogP) is 6.24. The maximum Gasteiger partial charge on any atom is 0.136 e. The molecule has 0 spiro atoms. The highest BCUT2D eigenvalue weighted by molar-refractivity contribution is 6.17. The van der Waals surface area contributed by atoms with Gasteiger partial charge in [0.2, 0.25) is 0 Å². The van der Waals surface area contributed by atoms with Crippen LogP contribution in [0.2, 0.25) is 0 Å². The molecular weight excluding hydrogens is 392 g/mol. The van der Waals surface area contributed by atoms with Crippen LogP contribution in [-0.4, -0.2) is 22.0 Å². The molecule has 0 saturated carbocycles. The first-order chi connectivity index (χ1) is 15.8. The molecule has 6 rings (SSSR count). The Morgan fingerprint density at radius 1 is 0.594 bits per heavy atom. The molecule has 6 aromatic rings. The topological polar surface area (TPSA) is 48.2 Å². The van der Waals surface area contributed by atoms with Crippen molar-refractivity contribution in [3.63, 3.8) is 0 Å². The van der Waals surface area contributed by atoms with Crippen LogP contribution in [0.1, 0.15) is 0 Å². The zero-order valence-corrected chi connectivity index (χ0v) is 17.7. The molecule has 0 aliphatic carbocycles. The number of hydrogen-bond acceptors (Lipinski definition) is 2. The molecule has 0 fully saturated rings. The number of rotatable bonds is 2. The van der Waals surface area contributed by atoms with Gasteiger partial charge < -0.3 is 5.73 Å². The second-order valence-electron chi connectivity index (χ2n) is 7.89. The van der Waals surface area contributed by atoms with Crippen LogP contribution in [0.4, 0.5) is 0 Å². The van der Waals surface area contributed by atoms with E-state index in [1.165, 1.54) is 21.5 Å². The van der Waals surface area contributed by atoms with Gasteiger partial charge in [-0.05, 0) is 24.3 Å². The van der Waals surface area contributed by atoms with Crippen molar-refractivity contribution in [2.45, 2.75) is 0 Å². The van der Waals surface area contributed by atoms with Crippen LogP contribution >= 0.6 is 0 Å². The van der Waals surface area contributed by atoms with E-state index >= 15 is 0 Å². The summed E-state index contributed by atoms with van der Waals surface area (Å²) in [5.41, 5.74) is 11.2. The minimum absolute atomic E-state index is 0.630. The van der Waals surface area contributed by atoms with Crippen molar-refractivity contribution >= 4 is 55.3 Å². The van der Waals surface area contributed by atoms with Gasteiger partial charge in [0.1, 0.15) is 11.7 Å². The number of nitrogens with zero attached hydrogens (tertiary/aromatic N) is 3. The fourth-order valence-corrected chi connectivity index (χ4v) is 4.80. The molecule has 4 nitrogen and oxygen atoms in total. The van der Waals surface area contributed by atoms with E-state index in [9.17, 15) is 0 Å². The van der Waals surface area contributed by atoms with Crippen LogP contribution in [0.25, 0.3) is 49.4 Å². The van der Waals surface area contributed by atoms with Gasteiger partial charge in [-0.15, -0.1) is 0 Å².